The van der Waals surface area contributed by atoms with Gasteiger partial charge in [-0.1, -0.05) is 30.3 Å². The highest BCUT2D eigenvalue weighted by Gasteiger charge is 2.25. The zero-order valence-electron chi connectivity index (χ0n) is 17.0. The van der Waals surface area contributed by atoms with Gasteiger partial charge in [0.1, 0.15) is 11.4 Å². The fraction of sp³-hybridized carbons (Fsp3) is 0.304. The molecule has 0 unspecified atom stereocenters. The van der Waals surface area contributed by atoms with Gasteiger partial charge < -0.3 is 9.47 Å². The molecule has 146 valence electrons. The molecule has 0 radical (unpaired) electrons. The summed E-state index contributed by atoms with van der Waals surface area (Å²) in [5, 5.41) is 4.78. The molecule has 0 aliphatic carbocycles. The van der Waals surface area contributed by atoms with E-state index in [1.165, 1.54) is 6.92 Å². The first-order valence-corrected chi connectivity index (χ1v) is 9.26. The van der Waals surface area contributed by atoms with E-state index in [2.05, 4.69) is 13.0 Å². The predicted octanol–water partition coefficient (Wildman–Crippen LogP) is 4.74. The minimum atomic E-state index is -0.845. The van der Waals surface area contributed by atoms with Gasteiger partial charge in [-0.15, -0.1) is 0 Å². The van der Waals surface area contributed by atoms with Crippen molar-refractivity contribution in [2.45, 2.75) is 39.9 Å². The summed E-state index contributed by atoms with van der Waals surface area (Å²) in [6.07, 6.45) is 0. The van der Waals surface area contributed by atoms with Crippen LogP contribution in [0.1, 0.15) is 32.0 Å². The number of benzene rings is 2. The highest BCUT2D eigenvalue weighted by Crippen LogP contribution is 2.29. The third-order valence-electron chi connectivity index (χ3n) is 4.90. The third-order valence-corrected chi connectivity index (χ3v) is 4.90. The second-order valence-corrected chi connectivity index (χ2v) is 7.31. The van der Waals surface area contributed by atoms with Crippen molar-refractivity contribution in [3.63, 3.8) is 0 Å². The van der Waals surface area contributed by atoms with Crippen LogP contribution < -0.4 is 4.74 Å². The number of rotatable bonds is 7. The summed E-state index contributed by atoms with van der Waals surface area (Å²) in [5.74, 6) is 0.768. The molecule has 0 atom stereocenters. The molecule has 1 aromatic heterocycles. The number of carbonyl (C=O) groups is 1. The van der Waals surface area contributed by atoms with Crippen LogP contribution in [0.25, 0.3) is 16.9 Å². The minimum Gasteiger partial charge on any atom is -0.497 e. The van der Waals surface area contributed by atoms with Gasteiger partial charge in [-0.2, -0.15) is 5.10 Å². The second-order valence-electron chi connectivity index (χ2n) is 7.31. The molecule has 0 aliphatic heterocycles. The number of hydrogen-bond acceptors (Lipinski definition) is 4. The van der Waals surface area contributed by atoms with Crippen molar-refractivity contribution in [1.82, 2.24) is 9.78 Å². The number of nitrogens with zero attached hydrogens (tertiary/aromatic N) is 2. The normalized spacial score (nSPS) is 11.5. The molecule has 5 nitrogen and oxygen atoms in total. The molecule has 0 spiro atoms. The molecule has 0 N–H and O–H groups in total. The van der Waals surface area contributed by atoms with Gasteiger partial charge in [0.15, 0.2) is 5.78 Å². The molecule has 3 aromatic rings. The molecule has 2 aromatic carbocycles. The standard InChI is InChI=1S/C23H26N2O3/c1-16-9-6-7-12-21(16)25-22(18-10-8-11-20(13-18)27-5)14-19(24-25)15-28-23(3,4)17(2)26/h6-14H,15H2,1-5H3. The second kappa shape index (κ2) is 7.98. The average molecular weight is 378 g/mol. The van der Waals surface area contributed by atoms with Gasteiger partial charge in [0, 0.05) is 5.56 Å². The smallest absolute Gasteiger partial charge is 0.161 e. The van der Waals surface area contributed by atoms with Crippen LogP contribution in [0.5, 0.6) is 5.75 Å². The van der Waals surface area contributed by atoms with Crippen LogP contribution in [0.4, 0.5) is 0 Å². The van der Waals surface area contributed by atoms with E-state index < -0.39 is 5.60 Å². The maximum atomic E-state index is 11.8. The highest BCUT2D eigenvalue weighted by molar-refractivity contribution is 5.83. The Morgan fingerprint density at radius 3 is 2.54 bits per heavy atom. The first-order valence-electron chi connectivity index (χ1n) is 9.26. The number of aromatic nitrogens is 2. The molecule has 0 aliphatic rings. The van der Waals surface area contributed by atoms with Crippen LogP contribution in [-0.2, 0) is 16.1 Å². The lowest BCUT2D eigenvalue weighted by atomic mass is 10.1. The Balaban J connectivity index is 2.05. The van der Waals surface area contributed by atoms with Crippen molar-refractivity contribution < 1.29 is 14.3 Å². The summed E-state index contributed by atoms with van der Waals surface area (Å²) in [5.41, 5.74) is 3.96. The van der Waals surface area contributed by atoms with Gasteiger partial charge in [-0.05, 0) is 57.5 Å². The number of hydrogen-bond donors (Lipinski definition) is 0. The fourth-order valence-electron chi connectivity index (χ4n) is 2.83. The van der Waals surface area contributed by atoms with E-state index in [0.29, 0.717) is 0 Å². The number of methoxy groups -OCH3 is 1. The van der Waals surface area contributed by atoms with Gasteiger partial charge in [0.25, 0.3) is 0 Å². The van der Waals surface area contributed by atoms with E-state index in [-0.39, 0.29) is 12.4 Å². The number of aryl methyl sites for hydroxylation is 1. The highest BCUT2D eigenvalue weighted by atomic mass is 16.5. The molecule has 3 rings (SSSR count). The SMILES string of the molecule is COc1cccc(-c2cc(COC(C)(C)C(C)=O)nn2-c2ccccc2C)c1. The Labute approximate surface area is 165 Å². The van der Waals surface area contributed by atoms with E-state index in [1.807, 2.05) is 53.2 Å². The summed E-state index contributed by atoms with van der Waals surface area (Å²) in [6, 6.07) is 18.0. The first kappa shape index (κ1) is 19.8. The van der Waals surface area contributed by atoms with E-state index in [0.717, 1.165) is 34.0 Å². The zero-order valence-corrected chi connectivity index (χ0v) is 17.0. The molecular weight excluding hydrogens is 352 g/mol. The monoisotopic (exact) mass is 378 g/mol. The third kappa shape index (κ3) is 4.15. The quantitative estimate of drug-likeness (QED) is 0.596. The Hall–Kier alpha value is -2.92. The summed E-state index contributed by atoms with van der Waals surface area (Å²) >= 11 is 0. The molecular formula is C23H26N2O3. The fourth-order valence-corrected chi connectivity index (χ4v) is 2.83. The topological polar surface area (TPSA) is 53.4 Å². The molecule has 5 heteroatoms. The number of carbonyl (C=O) groups excluding carboxylic acids is 1. The minimum absolute atomic E-state index is 0.0149. The Morgan fingerprint density at radius 1 is 1.11 bits per heavy atom. The van der Waals surface area contributed by atoms with Crippen molar-refractivity contribution >= 4 is 5.78 Å². The lowest BCUT2D eigenvalue weighted by molar-refractivity contribution is -0.139. The first-order chi connectivity index (χ1) is 13.3. The van der Waals surface area contributed by atoms with Crippen LogP contribution in [0.2, 0.25) is 0 Å². The maximum Gasteiger partial charge on any atom is 0.161 e. The Morgan fingerprint density at radius 2 is 1.86 bits per heavy atom. The molecule has 0 saturated heterocycles. The van der Waals surface area contributed by atoms with E-state index in [4.69, 9.17) is 14.6 Å². The molecule has 0 saturated carbocycles. The van der Waals surface area contributed by atoms with Crippen LogP contribution in [0.15, 0.2) is 54.6 Å². The number of ether oxygens (including phenoxy) is 2. The van der Waals surface area contributed by atoms with E-state index in [9.17, 15) is 4.79 Å². The van der Waals surface area contributed by atoms with E-state index in [1.54, 1.807) is 21.0 Å². The zero-order chi connectivity index (χ0) is 20.3. The van der Waals surface area contributed by atoms with Gasteiger partial charge in [0.05, 0.1) is 30.8 Å². The Kier molecular flexibility index (Phi) is 5.66. The van der Waals surface area contributed by atoms with Gasteiger partial charge >= 0.3 is 0 Å². The summed E-state index contributed by atoms with van der Waals surface area (Å²) < 4.78 is 13.1. The van der Waals surface area contributed by atoms with Crippen molar-refractivity contribution in [2.24, 2.45) is 0 Å². The van der Waals surface area contributed by atoms with Crippen LogP contribution in [-0.4, -0.2) is 28.3 Å². The van der Waals surface area contributed by atoms with Gasteiger partial charge in [0.2, 0.25) is 0 Å². The lowest BCUT2D eigenvalue weighted by Crippen LogP contribution is -2.32. The maximum absolute atomic E-state index is 11.8. The molecule has 0 amide bonds. The summed E-state index contributed by atoms with van der Waals surface area (Å²) in [4.78, 5) is 11.8. The molecule has 28 heavy (non-hydrogen) atoms. The van der Waals surface area contributed by atoms with Crippen molar-refractivity contribution in [2.75, 3.05) is 7.11 Å². The number of ketones is 1. The summed E-state index contributed by atoms with van der Waals surface area (Å²) in [6.45, 7) is 7.39. The van der Waals surface area contributed by atoms with Crippen LogP contribution in [0.3, 0.4) is 0 Å². The lowest BCUT2D eigenvalue weighted by Gasteiger charge is -2.21. The van der Waals surface area contributed by atoms with Crippen molar-refractivity contribution in [1.29, 1.82) is 0 Å². The van der Waals surface area contributed by atoms with Gasteiger partial charge in [-0.25, -0.2) is 4.68 Å². The largest absolute Gasteiger partial charge is 0.497 e. The van der Waals surface area contributed by atoms with E-state index >= 15 is 0 Å². The molecule has 0 fully saturated rings. The van der Waals surface area contributed by atoms with Crippen molar-refractivity contribution in [3.05, 3.63) is 65.9 Å². The molecule has 0 bridgehead atoms. The average Bonchev–Trinajstić information content (AvgIpc) is 3.11. The Bertz CT molecular complexity index is 989. The molecule has 1 heterocycles. The predicted molar refractivity (Wildman–Crippen MR) is 110 cm³/mol. The summed E-state index contributed by atoms with van der Waals surface area (Å²) in [7, 11) is 1.65. The number of para-hydroxylation sites is 1. The van der Waals surface area contributed by atoms with Crippen molar-refractivity contribution in [3.8, 4) is 22.7 Å². The van der Waals surface area contributed by atoms with Crippen LogP contribution in [0, 0.1) is 6.92 Å². The van der Waals surface area contributed by atoms with Crippen LogP contribution >= 0.6 is 0 Å². The van der Waals surface area contributed by atoms with Gasteiger partial charge in [-0.3, -0.25) is 4.79 Å². The number of Topliss-reactive ketones (excluding diaryl/α,β-unsaturated/α-hetero) is 1.